The number of hydrogen-bond donors (Lipinski definition) is 0. The van der Waals surface area contributed by atoms with E-state index in [1.54, 1.807) is 35.4 Å². The number of benzene rings is 1. The number of thiazole rings is 1. The molecule has 0 atom stereocenters. The lowest BCUT2D eigenvalue weighted by Crippen LogP contribution is -1.75. The van der Waals surface area contributed by atoms with E-state index in [0.717, 1.165) is 9.24 Å². The summed E-state index contributed by atoms with van der Waals surface area (Å²) >= 11 is 3.18. The molecular formula is C10H6N2S2. The summed E-state index contributed by atoms with van der Waals surface area (Å²) in [6, 6.07) is 9.64. The summed E-state index contributed by atoms with van der Waals surface area (Å²) in [5.74, 6) is 0. The van der Waals surface area contributed by atoms with Gasteiger partial charge in [-0.3, -0.25) is 0 Å². The fraction of sp³-hybridized carbons (Fsp3) is 0. The Morgan fingerprint density at radius 2 is 2.36 bits per heavy atom. The zero-order chi connectivity index (χ0) is 9.80. The minimum atomic E-state index is 0.687. The van der Waals surface area contributed by atoms with Crippen LogP contribution in [0.15, 0.2) is 45.1 Å². The molecule has 1 aromatic carbocycles. The molecule has 0 amide bonds. The topological polar surface area (TPSA) is 36.7 Å². The fourth-order valence-corrected chi connectivity index (χ4v) is 2.65. The molecule has 0 aliphatic rings. The van der Waals surface area contributed by atoms with E-state index < -0.39 is 0 Å². The Balaban J connectivity index is 2.22. The Morgan fingerprint density at radius 3 is 3.07 bits per heavy atom. The smallest absolute Gasteiger partial charge is 0.154 e. The largest absolute Gasteiger partial charge is 0.238 e. The average Bonchev–Trinajstić information content (AvgIpc) is 2.71. The van der Waals surface area contributed by atoms with E-state index in [-0.39, 0.29) is 0 Å². The second-order valence-corrected chi connectivity index (χ2v) is 4.75. The van der Waals surface area contributed by atoms with Crippen LogP contribution in [0.3, 0.4) is 0 Å². The number of rotatable bonds is 2. The van der Waals surface area contributed by atoms with Crippen molar-refractivity contribution < 1.29 is 0 Å². The van der Waals surface area contributed by atoms with Crippen LogP contribution in [0.1, 0.15) is 5.56 Å². The van der Waals surface area contributed by atoms with E-state index in [1.807, 2.05) is 23.6 Å². The molecule has 68 valence electrons. The molecule has 14 heavy (non-hydrogen) atoms. The van der Waals surface area contributed by atoms with Gasteiger partial charge in [0.25, 0.3) is 0 Å². The van der Waals surface area contributed by atoms with Crippen LogP contribution in [0.4, 0.5) is 0 Å². The van der Waals surface area contributed by atoms with Crippen molar-refractivity contribution in [3.63, 3.8) is 0 Å². The third-order valence-electron chi connectivity index (χ3n) is 1.58. The molecule has 0 saturated heterocycles. The Hall–Kier alpha value is -1.31. The van der Waals surface area contributed by atoms with Gasteiger partial charge in [-0.1, -0.05) is 17.8 Å². The van der Waals surface area contributed by atoms with Gasteiger partial charge in [0.1, 0.15) is 0 Å². The second kappa shape index (κ2) is 4.27. The molecule has 0 bridgehead atoms. The maximum absolute atomic E-state index is 8.72. The molecule has 2 aromatic rings. The highest BCUT2D eigenvalue weighted by Crippen LogP contribution is 2.29. The molecule has 2 nitrogen and oxygen atoms in total. The van der Waals surface area contributed by atoms with Gasteiger partial charge in [-0.15, -0.1) is 11.3 Å². The van der Waals surface area contributed by atoms with Gasteiger partial charge in [0.15, 0.2) is 4.34 Å². The van der Waals surface area contributed by atoms with Crippen LogP contribution in [-0.2, 0) is 0 Å². The Kier molecular flexibility index (Phi) is 2.82. The van der Waals surface area contributed by atoms with E-state index >= 15 is 0 Å². The van der Waals surface area contributed by atoms with E-state index in [2.05, 4.69) is 11.1 Å². The van der Waals surface area contributed by atoms with Gasteiger partial charge in [-0.2, -0.15) is 5.26 Å². The summed E-state index contributed by atoms with van der Waals surface area (Å²) in [6.07, 6.45) is 1.78. The predicted molar refractivity (Wildman–Crippen MR) is 57.4 cm³/mol. The van der Waals surface area contributed by atoms with Crippen LogP contribution in [0.25, 0.3) is 0 Å². The average molecular weight is 218 g/mol. The Morgan fingerprint density at radius 1 is 1.43 bits per heavy atom. The molecule has 1 aromatic heterocycles. The van der Waals surface area contributed by atoms with E-state index in [9.17, 15) is 0 Å². The van der Waals surface area contributed by atoms with Crippen LogP contribution in [0.5, 0.6) is 0 Å². The van der Waals surface area contributed by atoms with Gasteiger partial charge in [0.2, 0.25) is 0 Å². The minimum absolute atomic E-state index is 0.687. The normalized spacial score (nSPS) is 9.64. The first-order valence-electron chi connectivity index (χ1n) is 3.96. The van der Waals surface area contributed by atoms with Gasteiger partial charge in [-0.05, 0) is 18.2 Å². The van der Waals surface area contributed by atoms with Crippen molar-refractivity contribution in [2.45, 2.75) is 9.24 Å². The van der Waals surface area contributed by atoms with Gasteiger partial charge in [0, 0.05) is 16.5 Å². The zero-order valence-electron chi connectivity index (χ0n) is 7.18. The minimum Gasteiger partial charge on any atom is -0.238 e. The van der Waals surface area contributed by atoms with Crippen molar-refractivity contribution in [2.24, 2.45) is 0 Å². The van der Waals surface area contributed by atoms with E-state index in [1.165, 1.54) is 0 Å². The lowest BCUT2D eigenvalue weighted by atomic mass is 10.2. The molecule has 0 radical (unpaired) electrons. The van der Waals surface area contributed by atoms with Crippen LogP contribution in [0.2, 0.25) is 0 Å². The maximum atomic E-state index is 8.72. The van der Waals surface area contributed by atoms with Crippen LogP contribution in [-0.4, -0.2) is 4.98 Å². The molecule has 0 fully saturated rings. The fourth-order valence-electron chi connectivity index (χ4n) is 0.991. The highest BCUT2D eigenvalue weighted by Gasteiger charge is 1.99. The third kappa shape index (κ3) is 2.13. The van der Waals surface area contributed by atoms with Crippen molar-refractivity contribution in [1.82, 2.24) is 4.98 Å². The highest BCUT2D eigenvalue weighted by molar-refractivity contribution is 8.01. The van der Waals surface area contributed by atoms with Crippen molar-refractivity contribution in [3.05, 3.63) is 41.4 Å². The summed E-state index contributed by atoms with van der Waals surface area (Å²) < 4.78 is 1.00. The molecule has 1 heterocycles. The highest BCUT2D eigenvalue weighted by atomic mass is 32.2. The van der Waals surface area contributed by atoms with Gasteiger partial charge < -0.3 is 0 Å². The Bertz CT molecular complexity index is 457. The van der Waals surface area contributed by atoms with Crippen molar-refractivity contribution in [1.29, 1.82) is 5.26 Å². The summed E-state index contributed by atoms with van der Waals surface area (Å²) in [4.78, 5) is 5.22. The van der Waals surface area contributed by atoms with Crippen LogP contribution in [0, 0.1) is 11.3 Å². The number of hydrogen-bond acceptors (Lipinski definition) is 4. The molecule has 4 heteroatoms. The lowest BCUT2D eigenvalue weighted by molar-refractivity contribution is 1.24. The SMILES string of the molecule is N#Cc1cccc(Sc2nccs2)c1. The first kappa shape index (κ1) is 9.25. The Labute approximate surface area is 90.2 Å². The molecule has 0 unspecified atom stereocenters. The molecule has 0 saturated carbocycles. The van der Waals surface area contributed by atoms with Crippen LogP contribution >= 0.6 is 23.1 Å². The third-order valence-corrected chi connectivity index (χ3v) is 3.45. The van der Waals surface area contributed by atoms with Gasteiger partial charge >= 0.3 is 0 Å². The van der Waals surface area contributed by atoms with E-state index in [0.29, 0.717) is 5.56 Å². The summed E-state index contributed by atoms with van der Waals surface area (Å²) in [5.41, 5.74) is 0.687. The maximum Gasteiger partial charge on any atom is 0.154 e. The standard InChI is InChI=1S/C10H6N2S2/c11-7-8-2-1-3-9(6-8)14-10-12-4-5-13-10/h1-6H. The molecular weight excluding hydrogens is 212 g/mol. The van der Waals surface area contributed by atoms with Crippen molar-refractivity contribution in [3.8, 4) is 6.07 Å². The molecule has 0 aliphatic carbocycles. The summed E-state index contributed by atoms with van der Waals surface area (Å²) in [7, 11) is 0. The predicted octanol–water partition coefficient (Wildman–Crippen LogP) is 3.17. The molecule has 0 spiro atoms. The summed E-state index contributed by atoms with van der Waals surface area (Å²) in [5, 5.41) is 10.7. The van der Waals surface area contributed by atoms with Gasteiger partial charge in [0.05, 0.1) is 11.6 Å². The second-order valence-electron chi connectivity index (χ2n) is 2.54. The number of nitrogens with zero attached hydrogens (tertiary/aromatic N) is 2. The molecule has 0 N–H and O–H groups in total. The van der Waals surface area contributed by atoms with E-state index in [4.69, 9.17) is 5.26 Å². The number of aromatic nitrogens is 1. The zero-order valence-corrected chi connectivity index (χ0v) is 8.81. The quantitative estimate of drug-likeness (QED) is 0.776. The van der Waals surface area contributed by atoms with Gasteiger partial charge in [-0.25, -0.2) is 4.98 Å². The molecule has 2 rings (SSSR count). The molecule has 0 aliphatic heterocycles. The van der Waals surface area contributed by atoms with Crippen LogP contribution < -0.4 is 0 Å². The van der Waals surface area contributed by atoms with Crippen molar-refractivity contribution in [2.75, 3.05) is 0 Å². The summed E-state index contributed by atoms with van der Waals surface area (Å²) in [6.45, 7) is 0. The monoisotopic (exact) mass is 218 g/mol. The lowest BCUT2D eigenvalue weighted by Gasteiger charge is -1.96. The first-order chi connectivity index (χ1) is 6.88. The first-order valence-corrected chi connectivity index (χ1v) is 5.65. The number of nitriles is 1. The van der Waals surface area contributed by atoms with Crippen molar-refractivity contribution >= 4 is 23.1 Å².